The summed E-state index contributed by atoms with van der Waals surface area (Å²) in [6.45, 7) is 0.663. The van der Waals surface area contributed by atoms with Crippen molar-refractivity contribution in [3.63, 3.8) is 0 Å². The Kier molecular flexibility index (Phi) is 3.39. The summed E-state index contributed by atoms with van der Waals surface area (Å²) in [5.74, 6) is 0. The van der Waals surface area contributed by atoms with Gasteiger partial charge in [0.05, 0.1) is 17.6 Å². The summed E-state index contributed by atoms with van der Waals surface area (Å²) in [5.41, 5.74) is 2.89. The molecular formula is C13H13ClN6. The molecule has 0 atom stereocenters. The molecule has 0 fully saturated rings. The molecule has 0 radical (unpaired) electrons. The Bertz CT molecular complexity index is 703. The molecule has 0 bridgehead atoms. The van der Waals surface area contributed by atoms with E-state index >= 15 is 0 Å². The van der Waals surface area contributed by atoms with Gasteiger partial charge < -0.3 is 5.32 Å². The van der Waals surface area contributed by atoms with E-state index in [2.05, 4.69) is 20.5 Å². The van der Waals surface area contributed by atoms with Crippen molar-refractivity contribution in [1.29, 1.82) is 0 Å². The van der Waals surface area contributed by atoms with E-state index in [1.165, 1.54) is 6.33 Å². The van der Waals surface area contributed by atoms with Crippen molar-refractivity contribution in [3.05, 3.63) is 53.8 Å². The van der Waals surface area contributed by atoms with Crippen LogP contribution in [0, 0.1) is 0 Å². The molecule has 102 valence electrons. The number of anilines is 1. The van der Waals surface area contributed by atoms with Gasteiger partial charge >= 0.3 is 0 Å². The van der Waals surface area contributed by atoms with E-state index < -0.39 is 0 Å². The van der Waals surface area contributed by atoms with Gasteiger partial charge in [-0.1, -0.05) is 11.6 Å². The van der Waals surface area contributed by atoms with Crippen LogP contribution in [0.2, 0.25) is 5.02 Å². The number of halogens is 1. The molecule has 2 heterocycles. The van der Waals surface area contributed by atoms with Gasteiger partial charge in [-0.15, -0.1) is 0 Å². The molecule has 1 N–H and O–H groups in total. The maximum absolute atomic E-state index is 6.06. The summed E-state index contributed by atoms with van der Waals surface area (Å²) >= 11 is 6.06. The maximum atomic E-state index is 6.06. The smallest absolute Gasteiger partial charge is 0.138 e. The van der Waals surface area contributed by atoms with Crippen LogP contribution in [0.4, 0.5) is 5.69 Å². The molecule has 2 aromatic heterocycles. The first-order chi connectivity index (χ1) is 9.72. The van der Waals surface area contributed by atoms with Crippen LogP contribution in [0.5, 0.6) is 0 Å². The quantitative estimate of drug-likeness (QED) is 0.800. The second-order valence-corrected chi connectivity index (χ2v) is 4.81. The van der Waals surface area contributed by atoms with Gasteiger partial charge in [0.15, 0.2) is 0 Å². The van der Waals surface area contributed by atoms with Crippen molar-refractivity contribution in [3.8, 4) is 5.69 Å². The van der Waals surface area contributed by atoms with Gasteiger partial charge in [-0.3, -0.25) is 4.68 Å². The molecule has 0 saturated heterocycles. The average molecular weight is 289 g/mol. The largest absolute Gasteiger partial charge is 0.379 e. The Morgan fingerprint density at radius 1 is 1.30 bits per heavy atom. The van der Waals surface area contributed by atoms with Crippen LogP contribution in [0.25, 0.3) is 5.69 Å². The highest BCUT2D eigenvalue weighted by molar-refractivity contribution is 6.31. The average Bonchev–Trinajstić information content (AvgIpc) is 3.08. The monoisotopic (exact) mass is 288 g/mol. The van der Waals surface area contributed by atoms with Crippen molar-refractivity contribution in [1.82, 2.24) is 24.5 Å². The molecule has 0 aliphatic heterocycles. The van der Waals surface area contributed by atoms with E-state index in [1.807, 2.05) is 37.6 Å². The van der Waals surface area contributed by atoms with Crippen molar-refractivity contribution in [2.24, 2.45) is 7.05 Å². The lowest BCUT2D eigenvalue weighted by Gasteiger charge is -2.11. The van der Waals surface area contributed by atoms with E-state index in [4.69, 9.17) is 11.6 Å². The third-order valence-electron chi connectivity index (χ3n) is 2.87. The number of hydrogen-bond donors (Lipinski definition) is 1. The minimum Gasteiger partial charge on any atom is -0.379 e. The van der Waals surface area contributed by atoms with Crippen molar-refractivity contribution < 1.29 is 0 Å². The molecule has 1 aromatic carbocycles. The van der Waals surface area contributed by atoms with Gasteiger partial charge in [-0.05, 0) is 18.2 Å². The number of benzene rings is 1. The number of rotatable bonds is 4. The number of aryl methyl sites for hydroxylation is 1. The number of nitrogens with zero attached hydrogens (tertiary/aromatic N) is 5. The molecule has 6 nitrogen and oxygen atoms in total. The molecule has 0 spiro atoms. The summed E-state index contributed by atoms with van der Waals surface area (Å²) in [6, 6.07) is 5.60. The predicted molar refractivity (Wildman–Crippen MR) is 76.9 cm³/mol. The Hall–Kier alpha value is -2.34. The Morgan fingerprint density at radius 2 is 2.20 bits per heavy atom. The Labute approximate surface area is 121 Å². The summed E-state index contributed by atoms with van der Waals surface area (Å²) in [5, 5.41) is 12.3. The zero-order valence-electron chi connectivity index (χ0n) is 10.9. The summed E-state index contributed by atoms with van der Waals surface area (Å²) < 4.78 is 3.47. The van der Waals surface area contributed by atoms with Crippen LogP contribution < -0.4 is 5.32 Å². The molecule has 0 amide bonds. The number of nitrogens with one attached hydrogen (secondary N) is 1. The molecule has 7 heteroatoms. The first kappa shape index (κ1) is 12.7. The highest BCUT2D eigenvalue weighted by Gasteiger charge is 2.07. The zero-order valence-corrected chi connectivity index (χ0v) is 11.6. The van der Waals surface area contributed by atoms with Crippen LogP contribution in [0.1, 0.15) is 5.56 Å². The SMILES string of the molecule is Cn1cc(CNc2cc(Cl)ccc2-n2cncn2)cn1. The van der Waals surface area contributed by atoms with Crippen molar-refractivity contribution in [2.75, 3.05) is 5.32 Å². The second kappa shape index (κ2) is 5.34. The van der Waals surface area contributed by atoms with Crippen LogP contribution in [-0.4, -0.2) is 24.5 Å². The molecule has 20 heavy (non-hydrogen) atoms. The molecule has 0 unspecified atom stereocenters. The number of hydrogen-bond acceptors (Lipinski definition) is 4. The Morgan fingerprint density at radius 3 is 2.90 bits per heavy atom. The van der Waals surface area contributed by atoms with Gasteiger partial charge in [-0.2, -0.15) is 10.2 Å². The normalized spacial score (nSPS) is 10.7. The van der Waals surface area contributed by atoms with Crippen LogP contribution in [-0.2, 0) is 13.6 Å². The summed E-state index contributed by atoms with van der Waals surface area (Å²) in [7, 11) is 1.89. The van der Waals surface area contributed by atoms with Crippen molar-refractivity contribution in [2.45, 2.75) is 6.54 Å². The van der Waals surface area contributed by atoms with Crippen LogP contribution in [0.15, 0.2) is 43.2 Å². The summed E-state index contributed by atoms with van der Waals surface area (Å²) in [4.78, 5) is 3.96. The molecule has 0 saturated carbocycles. The fraction of sp³-hybridized carbons (Fsp3) is 0.154. The van der Waals surface area contributed by atoms with Crippen LogP contribution >= 0.6 is 11.6 Å². The van der Waals surface area contributed by atoms with Gasteiger partial charge in [0.25, 0.3) is 0 Å². The minimum absolute atomic E-state index is 0.663. The van der Waals surface area contributed by atoms with Gasteiger partial charge in [0.2, 0.25) is 0 Å². The fourth-order valence-corrected chi connectivity index (χ4v) is 2.11. The first-order valence-corrected chi connectivity index (χ1v) is 6.46. The van der Waals surface area contributed by atoms with E-state index in [-0.39, 0.29) is 0 Å². The lowest BCUT2D eigenvalue weighted by molar-refractivity contribution is 0.767. The lowest BCUT2D eigenvalue weighted by atomic mass is 10.2. The fourth-order valence-electron chi connectivity index (χ4n) is 1.94. The summed E-state index contributed by atoms with van der Waals surface area (Å²) in [6.07, 6.45) is 6.94. The Balaban J connectivity index is 1.86. The van der Waals surface area contributed by atoms with E-state index in [0.717, 1.165) is 16.9 Å². The molecule has 3 aromatic rings. The van der Waals surface area contributed by atoms with E-state index in [9.17, 15) is 0 Å². The lowest BCUT2D eigenvalue weighted by Crippen LogP contribution is -2.04. The molecular weight excluding hydrogens is 276 g/mol. The second-order valence-electron chi connectivity index (χ2n) is 4.38. The highest BCUT2D eigenvalue weighted by atomic mass is 35.5. The first-order valence-electron chi connectivity index (χ1n) is 6.08. The van der Waals surface area contributed by atoms with Gasteiger partial charge in [0.1, 0.15) is 12.7 Å². The van der Waals surface area contributed by atoms with Gasteiger partial charge in [-0.25, -0.2) is 9.67 Å². The molecule has 0 aliphatic carbocycles. The highest BCUT2D eigenvalue weighted by Crippen LogP contribution is 2.24. The maximum Gasteiger partial charge on any atom is 0.138 e. The minimum atomic E-state index is 0.663. The van der Waals surface area contributed by atoms with E-state index in [1.54, 1.807) is 15.7 Å². The molecule has 0 aliphatic rings. The number of aromatic nitrogens is 5. The zero-order chi connectivity index (χ0) is 13.9. The predicted octanol–water partition coefficient (Wildman–Crippen LogP) is 2.27. The van der Waals surface area contributed by atoms with Crippen LogP contribution in [0.3, 0.4) is 0 Å². The third-order valence-corrected chi connectivity index (χ3v) is 3.10. The standard InChI is InChI=1S/C13H13ClN6/c1-19-7-10(6-17-19)5-16-12-4-11(14)2-3-13(12)20-9-15-8-18-20/h2-4,6-9,16H,5H2,1H3. The van der Waals surface area contributed by atoms with Gasteiger partial charge in [0, 0.05) is 30.4 Å². The van der Waals surface area contributed by atoms with E-state index in [0.29, 0.717) is 11.6 Å². The van der Waals surface area contributed by atoms with Crippen molar-refractivity contribution >= 4 is 17.3 Å². The topological polar surface area (TPSA) is 60.6 Å². The molecule has 3 rings (SSSR count). The third kappa shape index (κ3) is 2.65.